The average Bonchev–Trinajstić information content (AvgIpc) is 2.79. The molecule has 0 fully saturated rings. The summed E-state index contributed by atoms with van der Waals surface area (Å²) < 4.78 is 11.2. The van der Waals surface area contributed by atoms with Crippen molar-refractivity contribution in [2.24, 2.45) is 0 Å². The number of carbonyl (C=O) groups excluding carboxylic acids is 2. The Morgan fingerprint density at radius 1 is 0.867 bits per heavy atom. The van der Waals surface area contributed by atoms with Crippen molar-refractivity contribution >= 4 is 17.6 Å². The minimum atomic E-state index is -1.10. The van der Waals surface area contributed by atoms with E-state index in [2.05, 4.69) is 5.32 Å². The maximum absolute atomic E-state index is 13.1. The number of aryl methyl sites for hydroxylation is 1. The molecule has 0 saturated carbocycles. The number of ether oxygens (including phenoxy) is 2. The molecule has 3 aromatic rings. The highest BCUT2D eigenvalue weighted by atomic mass is 16.5. The van der Waals surface area contributed by atoms with Gasteiger partial charge in [0, 0.05) is 5.56 Å². The van der Waals surface area contributed by atoms with E-state index in [4.69, 9.17) is 9.47 Å². The Morgan fingerprint density at radius 2 is 1.53 bits per heavy atom. The molecule has 30 heavy (non-hydrogen) atoms. The Kier molecular flexibility index (Phi) is 7.22. The Bertz CT molecular complexity index is 984. The quantitative estimate of drug-likeness (QED) is 0.526. The second kappa shape index (κ2) is 10.3. The summed E-state index contributed by atoms with van der Waals surface area (Å²) in [7, 11) is 0. The van der Waals surface area contributed by atoms with Crippen molar-refractivity contribution in [3.05, 3.63) is 95.6 Å². The molecular formula is C25H25NO4. The van der Waals surface area contributed by atoms with E-state index in [0.717, 1.165) is 12.0 Å². The zero-order valence-electron chi connectivity index (χ0n) is 17.1. The fourth-order valence-electron chi connectivity index (χ4n) is 3.00. The van der Waals surface area contributed by atoms with Crippen LogP contribution in [-0.4, -0.2) is 18.5 Å². The van der Waals surface area contributed by atoms with Crippen molar-refractivity contribution in [2.75, 3.05) is 11.9 Å². The number of para-hydroxylation sites is 2. The van der Waals surface area contributed by atoms with Crippen LogP contribution in [0.1, 0.15) is 41.4 Å². The van der Waals surface area contributed by atoms with E-state index in [1.807, 2.05) is 38.1 Å². The lowest BCUT2D eigenvalue weighted by Crippen LogP contribution is -2.26. The van der Waals surface area contributed by atoms with Crippen LogP contribution in [0.3, 0.4) is 0 Å². The average molecular weight is 403 g/mol. The Labute approximate surface area is 176 Å². The molecule has 3 aromatic carbocycles. The smallest absolute Gasteiger partial charge is 0.339 e. The van der Waals surface area contributed by atoms with Gasteiger partial charge in [-0.1, -0.05) is 61.5 Å². The molecule has 1 atom stereocenters. The van der Waals surface area contributed by atoms with Crippen molar-refractivity contribution in [1.29, 1.82) is 0 Å². The molecule has 0 heterocycles. The Hall–Kier alpha value is -3.60. The minimum Gasteiger partial charge on any atom is -0.492 e. The monoisotopic (exact) mass is 403 g/mol. The van der Waals surface area contributed by atoms with E-state index >= 15 is 0 Å². The summed E-state index contributed by atoms with van der Waals surface area (Å²) >= 11 is 0. The maximum atomic E-state index is 13.1. The summed E-state index contributed by atoms with van der Waals surface area (Å²) in [6.07, 6.45) is -0.219. The molecule has 1 amide bonds. The van der Waals surface area contributed by atoms with Gasteiger partial charge in [0.1, 0.15) is 5.75 Å². The van der Waals surface area contributed by atoms with E-state index in [9.17, 15) is 9.59 Å². The van der Waals surface area contributed by atoms with Crippen LogP contribution in [0.15, 0.2) is 78.9 Å². The van der Waals surface area contributed by atoms with Gasteiger partial charge in [-0.3, -0.25) is 4.79 Å². The third-order valence-corrected chi connectivity index (χ3v) is 4.61. The molecule has 1 N–H and O–H groups in total. The van der Waals surface area contributed by atoms with Gasteiger partial charge in [-0.2, -0.15) is 0 Å². The summed E-state index contributed by atoms with van der Waals surface area (Å²) in [4.78, 5) is 25.8. The number of benzene rings is 3. The molecular weight excluding hydrogens is 378 g/mol. The number of hydrogen-bond donors (Lipinski definition) is 1. The lowest BCUT2D eigenvalue weighted by molar-refractivity contribution is -0.125. The molecule has 0 spiro atoms. The number of hydrogen-bond acceptors (Lipinski definition) is 4. The second-order valence-corrected chi connectivity index (χ2v) is 6.66. The van der Waals surface area contributed by atoms with Crippen LogP contribution in [0.4, 0.5) is 5.69 Å². The molecule has 154 valence electrons. The lowest BCUT2D eigenvalue weighted by atomic mass is 10.1. The number of esters is 1. The number of carbonyl (C=O) groups is 2. The van der Waals surface area contributed by atoms with Crippen LogP contribution in [0.2, 0.25) is 0 Å². The summed E-state index contributed by atoms with van der Waals surface area (Å²) in [5.41, 5.74) is 2.63. The van der Waals surface area contributed by atoms with E-state index < -0.39 is 18.0 Å². The third kappa shape index (κ3) is 5.26. The van der Waals surface area contributed by atoms with Crippen molar-refractivity contribution in [1.82, 2.24) is 0 Å². The SMILES string of the molecule is CCOc1ccccc1NC(=O)[C@@H](OC(=O)c1ccc(CC)cc1)c1ccccc1. The van der Waals surface area contributed by atoms with Gasteiger partial charge in [-0.05, 0) is 43.2 Å². The number of anilines is 1. The topological polar surface area (TPSA) is 64.6 Å². The maximum Gasteiger partial charge on any atom is 0.339 e. The summed E-state index contributed by atoms with van der Waals surface area (Å²) in [6, 6.07) is 23.3. The highest BCUT2D eigenvalue weighted by Crippen LogP contribution is 2.27. The zero-order chi connectivity index (χ0) is 21.3. The third-order valence-electron chi connectivity index (χ3n) is 4.61. The van der Waals surface area contributed by atoms with Crippen molar-refractivity contribution in [3.63, 3.8) is 0 Å². The van der Waals surface area contributed by atoms with Crippen LogP contribution >= 0.6 is 0 Å². The van der Waals surface area contributed by atoms with Crippen molar-refractivity contribution in [3.8, 4) is 5.75 Å². The molecule has 5 heteroatoms. The van der Waals surface area contributed by atoms with Gasteiger partial charge in [-0.15, -0.1) is 0 Å². The first-order valence-electron chi connectivity index (χ1n) is 10.00. The molecule has 3 rings (SSSR count). The van der Waals surface area contributed by atoms with Crippen LogP contribution < -0.4 is 10.1 Å². The molecule has 0 bridgehead atoms. The van der Waals surface area contributed by atoms with E-state index in [1.165, 1.54) is 0 Å². The molecule has 0 aromatic heterocycles. The second-order valence-electron chi connectivity index (χ2n) is 6.66. The molecule has 0 aliphatic heterocycles. The first kappa shape index (κ1) is 21.1. The van der Waals surface area contributed by atoms with Gasteiger partial charge in [0.25, 0.3) is 5.91 Å². The summed E-state index contributed by atoms with van der Waals surface area (Å²) in [5.74, 6) is -0.451. The van der Waals surface area contributed by atoms with Gasteiger partial charge in [0.05, 0.1) is 17.9 Å². The predicted molar refractivity (Wildman–Crippen MR) is 117 cm³/mol. The molecule has 0 saturated heterocycles. The molecule has 0 unspecified atom stereocenters. The van der Waals surface area contributed by atoms with Crippen molar-refractivity contribution < 1.29 is 19.1 Å². The van der Waals surface area contributed by atoms with Crippen LogP contribution in [0.5, 0.6) is 5.75 Å². The molecule has 5 nitrogen and oxygen atoms in total. The first-order valence-corrected chi connectivity index (χ1v) is 10.00. The molecule has 0 radical (unpaired) electrons. The Morgan fingerprint density at radius 3 is 2.20 bits per heavy atom. The number of rotatable bonds is 8. The van der Waals surface area contributed by atoms with Gasteiger partial charge in [0.15, 0.2) is 0 Å². The normalized spacial score (nSPS) is 11.4. The highest BCUT2D eigenvalue weighted by Gasteiger charge is 2.26. The standard InChI is InChI=1S/C25H25NO4/c1-3-18-14-16-20(17-15-18)25(28)30-23(19-10-6-5-7-11-19)24(27)26-21-12-8-9-13-22(21)29-4-2/h5-17,23H,3-4H2,1-2H3,(H,26,27)/t23-/m0/s1. The van der Waals surface area contributed by atoms with Crippen LogP contribution in [0.25, 0.3) is 0 Å². The Balaban J connectivity index is 1.84. The fourth-order valence-corrected chi connectivity index (χ4v) is 3.00. The van der Waals surface area contributed by atoms with Crippen molar-refractivity contribution in [2.45, 2.75) is 26.4 Å². The van der Waals surface area contributed by atoms with Gasteiger partial charge >= 0.3 is 5.97 Å². The van der Waals surface area contributed by atoms with E-state index in [1.54, 1.807) is 54.6 Å². The van der Waals surface area contributed by atoms with Crippen LogP contribution in [-0.2, 0) is 16.0 Å². The summed E-state index contributed by atoms with van der Waals surface area (Å²) in [5, 5.41) is 2.83. The van der Waals surface area contributed by atoms with Gasteiger partial charge < -0.3 is 14.8 Å². The molecule has 0 aliphatic carbocycles. The van der Waals surface area contributed by atoms with Gasteiger partial charge in [-0.25, -0.2) is 4.79 Å². The van der Waals surface area contributed by atoms with Gasteiger partial charge in [0.2, 0.25) is 6.10 Å². The number of nitrogens with one attached hydrogen (secondary N) is 1. The molecule has 0 aliphatic rings. The predicted octanol–water partition coefficient (Wildman–Crippen LogP) is 5.18. The lowest BCUT2D eigenvalue weighted by Gasteiger charge is -2.19. The van der Waals surface area contributed by atoms with E-state index in [0.29, 0.717) is 29.2 Å². The largest absolute Gasteiger partial charge is 0.492 e. The number of amides is 1. The first-order chi connectivity index (χ1) is 14.6. The highest BCUT2D eigenvalue weighted by molar-refractivity contribution is 5.99. The fraction of sp³-hybridized carbons (Fsp3) is 0.200. The van der Waals surface area contributed by atoms with Crippen LogP contribution in [0, 0.1) is 0 Å². The summed E-state index contributed by atoms with van der Waals surface area (Å²) in [6.45, 7) is 4.39. The minimum absolute atomic E-state index is 0.399. The van der Waals surface area contributed by atoms with E-state index in [-0.39, 0.29) is 0 Å². The zero-order valence-corrected chi connectivity index (χ0v) is 17.1.